The summed E-state index contributed by atoms with van der Waals surface area (Å²) in [5.74, 6) is -1.99. The molecule has 290 valence electrons. The minimum absolute atomic E-state index is 0.00794. The van der Waals surface area contributed by atoms with Crippen LogP contribution in [0.2, 0.25) is 0 Å². The number of tetrazole rings is 1. The second kappa shape index (κ2) is 15.4. The van der Waals surface area contributed by atoms with Crippen molar-refractivity contribution in [2.24, 2.45) is 18.9 Å². The summed E-state index contributed by atoms with van der Waals surface area (Å²) in [5, 5.41) is 11.9. The largest absolute Gasteiger partial charge is 0.573 e. The molecule has 1 aliphatic heterocycles. The highest BCUT2D eigenvalue weighted by Gasteiger charge is 2.43. The summed E-state index contributed by atoms with van der Waals surface area (Å²) in [6, 6.07) is 2.77. The van der Waals surface area contributed by atoms with Crippen LogP contribution in [0.4, 0.5) is 51.1 Å². The number of halogens is 9. The Bertz CT molecular complexity index is 1740. The fourth-order valence-corrected chi connectivity index (χ4v) is 7.13. The summed E-state index contributed by atoms with van der Waals surface area (Å²) in [5.41, 5.74) is -3.28. The van der Waals surface area contributed by atoms with Gasteiger partial charge < -0.3 is 19.3 Å². The van der Waals surface area contributed by atoms with Gasteiger partial charge in [-0.15, -0.1) is 18.3 Å². The Morgan fingerprint density at radius 1 is 0.906 bits per heavy atom. The smallest absolute Gasteiger partial charge is 0.466 e. The molecule has 0 spiro atoms. The van der Waals surface area contributed by atoms with Gasteiger partial charge in [0, 0.05) is 36.2 Å². The number of aryl methyl sites for hydroxylation is 1. The molecule has 1 fully saturated rings. The zero-order valence-electron chi connectivity index (χ0n) is 28.9. The molecule has 2 heterocycles. The summed E-state index contributed by atoms with van der Waals surface area (Å²) < 4.78 is 132. The number of rotatable bonds is 10. The monoisotopic (exact) mass is 764 g/mol. The minimum Gasteiger partial charge on any atom is -0.466 e. The average molecular weight is 765 g/mol. The minimum atomic E-state index is -5.14. The number of esters is 1. The van der Waals surface area contributed by atoms with Crippen molar-refractivity contribution in [3.05, 3.63) is 58.7 Å². The van der Waals surface area contributed by atoms with Crippen LogP contribution in [0.3, 0.4) is 0 Å². The van der Waals surface area contributed by atoms with Gasteiger partial charge >= 0.3 is 24.7 Å². The number of ether oxygens (including phenoxy) is 2. The van der Waals surface area contributed by atoms with Gasteiger partial charge in [-0.1, -0.05) is 12.0 Å². The van der Waals surface area contributed by atoms with E-state index in [4.69, 9.17) is 4.74 Å². The topological polar surface area (TPSA) is 103 Å². The van der Waals surface area contributed by atoms with E-state index in [1.54, 1.807) is 13.8 Å². The van der Waals surface area contributed by atoms with Crippen LogP contribution >= 0.6 is 0 Å². The van der Waals surface area contributed by atoms with Gasteiger partial charge in [-0.25, -0.2) is 0 Å². The molecule has 1 unspecified atom stereocenters. The predicted octanol–water partition coefficient (Wildman–Crippen LogP) is 8.17. The maximum atomic E-state index is 14.3. The Labute approximate surface area is 298 Å². The van der Waals surface area contributed by atoms with E-state index in [9.17, 15) is 49.1 Å². The molecule has 5 rings (SSSR count). The zero-order chi connectivity index (χ0) is 38.9. The molecule has 1 amide bonds. The molecule has 1 aliphatic carbocycles. The molecule has 2 aliphatic rings. The maximum Gasteiger partial charge on any atom is 0.573 e. The Morgan fingerprint density at radius 3 is 2.08 bits per heavy atom. The first kappa shape index (κ1) is 39.6. The lowest BCUT2D eigenvalue weighted by molar-refractivity contribution is -0.274. The molecule has 0 radical (unpaired) electrons. The molecule has 2 atom stereocenters. The summed E-state index contributed by atoms with van der Waals surface area (Å²) in [4.78, 5) is 30.1. The van der Waals surface area contributed by atoms with E-state index in [-0.39, 0.29) is 60.5 Å². The first-order valence-corrected chi connectivity index (χ1v) is 16.9. The number of carbonyl (C=O) groups is 2. The lowest BCUT2D eigenvalue weighted by atomic mass is 9.79. The molecule has 0 saturated heterocycles. The van der Waals surface area contributed by atoms with E-state index in [0.29, 0.717) is 44.2 Å². The number of benzene rings is 2. The zero-order valence-corrected chi connectivity index (χ0v) is 28.9. The van der Waals surface area contributed by atoms with E-state index in [0.717, 1.165) is 16.9 Å². The second-order valence-corrected chi connectivity index (χ2v) is 13.1. The van der Waals surface area contributed by atoms with Crippen molar-refractivity contribution in [3.8, 4) is 5.75 Å². The van der Waals surface area contributed by atoms with Crippen molar-refractivity contribution in [1.82, 2.24) is 20.2 Å². The molecule has 1 aromatic heterocycles. The summed E-state index contributed by atoms with van der Waals surface area (Å²) in [7, 11) is 1.38. The Hall–Kier alpha value is -4.58. The first-order chi connectivity index (χ1) is 24.8. The molecule has 3 aromatic rings. The molecular formula is C34H37F9N6O4. The maximum absolute atomic E-state index is 14.3. The summed E-state index contributed by atoms with van der Waals surface area (Å²) >= 11 is 0. The number of nitrogens with zero attached hydrogens (tertiary/aromatic N) is 6. The molecule has 0 bridgehead atoms. The number of aromatic nitrogens is 4. The lowest BCUT2D eigenvalue weighted by Gasteiger charge is -2.45. The van der Waals surface area contributed by atoms with Crippen LogP contribution in [-0.4, -0.2) is 51.1 Å². The van der Waals surface area contributed by atoms with E-state index < -0.39 is 65.7 Å². The highest BCUT2D eigenvalue weighted by atomic mass is 19.4. The third-order valence-corrected chi connectivity index (χ3v) is 9.51. The SMILES string of the molecule is CCOC(=O)C[C@H]1CC[C@H](C(=O)N2c3ccc(OC(F)(F)F)cc3C(N(Cc3cc(C(F)(F)F)cc(C(F)(F)F)c3)c3nnn(C)n3)C[C@H]2CC)CC1. The number of fused-ring (bicyclic) bond motifs is 1. The summed E-state index contributed by atoms with van der Waals surface area (Å²) in [6.07, 6.45) is -12.9. The Balaban J connectivity index is 1.57. The van der Waals surface area contributed by atoms with Crippen LogP contribution in [0, 0.1) is 11.8 Å². The fraction of sp³-hybridized carbons (Fsp3) is 0.559. The third kappa shape index (κ3) is 9.51. The highest BCUT2D eigenvalue weighted by Crippen LogP contribution is 2.47. The molecule has 1 saturated carbocycles. The summed E-state index contributed by atoms with van der Waals surface area (Å²) in [6.45, 7) is 3.07. The molecule has 10 nitrogen and oxygen atoms in total. The number of hydrogen-bond donors (Lipinski definition) is 0. The number of anilines is 2. The van der Waals surface area contributed by atoms with Crippen LogP contribution < -0.4 is 14.5 Å². The molecule has 19 heteroatoms. The lowest BCUT2D eigenvalue weighted by Crippen LogP contribution is -2.50. The quantitative estimate of drug-likeness (QED) is 0.151. The van der Waals surface area contributed by atoms with Crippen molar-refractivity contribution < 1.29 is 58.6 Å². The van der Waals surface area contributed by atoms with E-state index in [1.165, 1.54) is 22.9 Å². The van der Waals surface area contributed by atoms with Gasteiger partial charge in [-0.05, 0) is 98.5 Å². The van der Waals surface area contributed by atoms with Gasteiger partial charge in [-0.2, -0.15) is 31.1 Å². The number of carbonyl (C=O) groups excluding carboxylic acids is 2. The number of alkyl halides is 9. The normalized spacial score (nSPS) is 20.9. The van der Waals surface area contributed by atoms with Crippen molar-refractivity contribution in [2.75, 3.05) is 16.4 Å². The van der Waals surface area contributed by atoms with Crippen molar-refractivity contribution in [3.63, 3.8) is 0 Å². The standard InChI is InChI=1S/C34H37F9N6O4/c1-4-24-16-28(48(31-44-46-47(3)45-31)18-20-12-22(32(35,36)37)15-23(13-20)33(38,39)40)26-17-25(53-34(41,42)43)10-11-27(26)49(24)30(51)21-8-6-19(7-9-21)14-29(50)52-5-2/h10-13,15,17,19,21,24,28H,4-9,14,16,18H2,1-3H3/t19-,21-,24-,28?/m1/s1. The number of hydrogen-bond acceptors (Lipinski definition) is 8. The second-order valence-electron chi connectivity index (χ2n) is 13.1. The molecular weight excluding hydrogens is 727 g/mol. The van der Waals surface area contributed by atoms with Gasteiger partial charge in [0.25, 0.3) is 5.95 Å². The first-order valence-electron chi connectivity index (χ1n) is 16.9. The van der Waals surface area contributed by atoms with Gasteiger partial charge in [-0.3, -0.25) is 9.59 Å². The Kier molecular flexibility index (Phi) is 11.5. The van der Waals surface area contributed by atoms with Crippen molar-refractivity contribution in [1.29, 1.82) is 0 Å². The van der Waals surface area contributed by atoms with Gasteiger partial charge in [0.15, 0.2) is 0 Å². The van der Waals surface area contributed by atoms with Crippen LogP contribution in [0.15, 0.2) is 36.4 Å². The van der Waals surface area contributed by atoms with Gasteiger partial charge in [0.2, 0.25) is 5.91 Å². The number of amides is 1. The molecule has 53 heavy (non-hydrogen) atoms. The van der Waals surface area contributed by atoms with E-state index in [2.05, 4.69) is 20.1 Å². The van der Waals surface area contributed by atoms with Crippen LogP contribution in [0.25, 0.3) is 0 Å². The molecule has 0 N–H and O–H groups in total. The van der Waals surface area contributed by atoms with Gasteiger partial charge in [0.1, 0.15) is 5.75 Å². The van der Waals surface area contributed by atoms with E-state index >= 15 is 0 Å². The predicted molar refractivity (Wildman–Crippen MR) is 170 cm³/mol. The van der Waals surface area contributed by atoms with Crippen LogP contribution in [0.1, 0.15) is 87.1 Å². The fourth-order valence-electron chi connectivity index (χ4n) is 7.13. The van der Waals surface area contributed by atoms with E-state index in [1.807, 2.05) is 0 Å². The average Bonchev–Trinajstić information content (AvgIpc) is 3.50. The van der Waals surface area contributed by atoms with Crippen LogP contribution in [-0.2, 0) is 40.3 Å². The molecule has 2 aromatic carbocycles. The van der Waals surface area contributed by atoms with Crippen molar-refractivity contribution in [2.45, 2.75) is 96.1 Å². The Morgan fingerprint density at radius 2 is 1.55 bits per heavy atom. The van der Waals surface area contributed by atoms with Crippen LogP contribution in [0.5, 0.6) is 5.75 Å². The van der Waals surface area contributed by atoms with Crippen molar-refractivity contribution >= 4 is 23.5 Å². The highest BCUT2D eigenvalue weighted by molar-refractivity contribution is 5.97. The van der Waals surface area contributed by atoms with Gasteiger partial charge in [0.05, 0.1) is 30.8 Å². The third-order valence-electron chi connectivity index (χ3n) is 9.51.